The van der Waals surface area contributed by atoms with Gasteiger partial charge in [-0.25, -0.2) is 9.78 Å². The molecule has 7 nitrogen and oxygen atoms in total. The minimum atomic E-state index is -0.473. The van der Waals surface area contributed by atoms with E-state index >= 15 is 0 Å². The summed E-state index contributed by atoms with van der Waals surface area (Å²) in [6, 6.07) is 21.5. The third kappa shape index (κ3) is 4.89. The topological polar surface area (TPSA) is 76.5 Å². The summed E-state index contributed by atoms with van der Waals surface area (Å²) in [7, 11) is 0. The zero-order valence-corrected chi connectivity index (χ0v) is 20.5. The SMILES string of the molecule is CCOc1ccc(NC(=O)N(CC)C(C)c2nc3ccccc3c(=O)n2-c2ccccc2C)cc1. The summed E-state index contributed by atoms with van der Waals surface area (Å²) in [5.74, 6) is 1.25. The maximum atomic E-state index is 13.7. The summed E-state index contributed by atoms with van der Waals surface area (Å²) in [5, 5.41) is 3.49. The molecule has 1 unspecified atom stereocenters. The largest absolute Gasteiger partial charge is 0.494 e. The Morgan fingerprint density at radius 3 is 2.40 bits per heavy atom. The van der Waals surface area contributed by atoms with E-state index in [1.165, 1.54) is 0 Å². The lowest BCUT2D eigenvalue weighted by molar-refractivity contribution is 0.193. The van der Waals surface area contributed by atoms with Gasteiger partial charge in [-0.15, -0.1) is 0 Å². The molecule has 1 N–H and O–H groups in total. The molecule has 1 atom stereocenters. The zero-order chi connectivity index (χ0) is 24.9. The molecule has 0 aliphatic heterocycles. The van der Waals surface area contributed by atoms with Crippen molar-refractivity contribution in [1.29, 1.82) is 0 Å². The van der Waals surface area contributed by atoms with Crippen molar-refractivity contribution in [2.75, 3.05) is 18.5 Å². The van der Waals surface area contributed by atoms with E-state index in [1.807, 2.05) is 82.3 Å². The van der Waals surface area contributed by atoms with E-state index in [2.05, 4.69) is 5.32 Å². The fourth-order valence-electron chi connectivity index (χ4n) is 4.21. The molecule has 3 aromatic carbocycles. The van der Waals surface area contributed by atoms with Gasteiger partial charge in [-0.2, -0.15) is 0 Å². The Morgan fingerprint density at radius 1 is 1.03 bits per heavy atom. The highest BCUT2D eigenvalue weighted by Gasteiger charge is 2.26. The molecule has 0 bridgehead atoms. The molecule has 0 spiro atoms. The molecule has 7 heteroatoms. The maximum Gasteiger partial charge on any atom is 0.322 e. The van der Waals surface area contributed by atoms with Crippen LogP contribution in [0.4, 0.5) is 10.5 Å². The van der Waals surface area contributed by atoms with Crippen LogP contribution >= 0.6 is 0 Å². The fourth-order valence-corrected chi connectivity index (χ4v) is 4.21. The highest BCUT2D eigenvalue weighted by molar-refractivity contribution is 5.89. The van der Waals surface area contributed by atoms with Crippen LogP contribution in [0.15, 0.2) is 77.6 Å². The number of rotatable bonds is 7. The van der Waals surface area contributed by atoms with Crippen molar-refractivity contribution in [3.8, 4) is 11.4 Å². The van der Waals surface area contributed by atoms with E-state index in [0.717, 1.165) is 17.0 Å². The molecule has 180 valence electrons. The number of amides is 2. The standard InChI is InChI=1S/C28H30N4O3/c1-5-31(28(34)29-21-15-17-22(18-16-21)35-6-2)20(4)26-30-24-13-9-8-12-23(24)27(33)32(26)25-14-10-7-11-19(25)3/h7-18,20H,5-6H2,1-4H3,(H,29,34). The van der Waals surface area contributed by atoms with Gasteiger partial charge in [-0.1, -0.05) is 30.3 Å². The third-order valence-corrected chi connectivity index (χ3v) is 6.02. The van der Waals surface area contributed by atoms with E-state index in [0.29, 0.717) is 35.6 Å². The molecule has 0 radical (unpaired) electrons. The summed E-state index contributed by atoms with van der Waals surface area (Å²) in [6.07, 6.45) is 0. The number of benzene rings is 3. The molecule has 0 aliphatic carbocycles. The van der Waals surface area contributed by atoms with Crippen LogP contribution in [0.1, 0.15) is 38.2 Å². The van der Waals surface area contributed by atoms with Crippen LogP contribution in [0, 0.1) is 6.92 Å². The van der Waals surface area contributed by atoms with Gasteiger partial charge in [0.2, 0.25) is 0 Å². The van der Waals surface area contributed by atoms with Gasteiger partial charge in [0.15, 0.2) is 0 Å². The Hall–Kier alpha value is -4.13. The minimum Gasteiger partial charge on any atom is -0.494 e. The maximum absolute atomic E-state index is 13.7. The Morgan fingerprint density at radius 2 is 1.71 bits per heavy atom. The number of aryl methyl sites for hydroxylation is 1. The van der Waals surface area contributed by atoms with Crippen molar-refractivity contribution < 1.29 is 9.53 Å². The van der Waals surface area contributed by atoms with Gasteiger partial charge in [0, 0.05) is 12.2 Å². The molecule has 2 amide bonds. The van der Waals surface area contributed by atoms with Crippen molar-refractivity contribution >= 4 is 22.6 Å². The van der Waals surface area contributed by atoms with E-state index < -0.39 is 6.04 Å². The zero-order valence-electron chi connectivity index (χ0n) is 20.5. The summed E-state index contributed by atoms with van der Waals surface area (Å²) in [4.78, 5) is 33.5. The summed E-state index contributed by atoms with van der Waals surface area (Å²) in [6.45, 7) is 8.70. The normalized spacial score (nSPS) is 11.8. The number of anilines is 1. The number of para-hydroxylation sites is 2. The molecule has 35 heavy (non-hydrogen) atoms. The van der Waals surface area contributed by atoms with E-state index in [9.17, 15) is 9.59 Å². The minimum absolute atomic E-state index is 0.158. The average Bonchev–Trinajstić information content (AvgIpc) is 2.86. The summed E-state index contributed by atoms with van der Waals surface area (Å²) in [5.41, 5.74) is 2.80. The van der Waals surface area contributed by atoms with Gasteiger partial charge in [-0.05, 0) is 75.7 Å². The lowest BCUT2D eigenvalue weighted by Gasteiger charge is -2.30. The molecule has 0 saturated carbocycles. The number of urea groups is 1. The Labute approximate surface area is 205 Å². The first kappa shape index (κ1) is 24.0. The number of carbonyl (C=O) groups excluding carboxylic acids is 1. The first-order valence-electron chi connectivity index (χ1n) is 11.8. The molecular weight excluding hydrogens is 440 g/mol. The van der Waals surface area contributed by atoms with Crippen molar-refractivity contribution in [3.63, 3.8) is 0 Å². The predicted octanol–water partition coefficient (Wildman–Crippen LogP) is 5.71. The van der Waals surface area contributed by atoms with Crippen molar-refractivity contribution in [2.45, 2.75) is 33.7 Å². The van der Waals surface area contributed by atoms with Crippen LogP contribution < -0.4 is 15.6 Å². The van der Waals surface area contributed by atoms with E-state index in [-0.39, 0.29) is 11.6 Å². The van der Waals surface area contributed by atoms with Crippen LogP contribution in [0.5, 0.6) is 5.75 Å². The number of carbonyl (C=O) groups is 1. The van der Waals surface area contributed by atoms with Gasteiger partial charge in [-0.3, -0.25) is 9.36 Å². The summed E-state index contributed by atoms with van der Waals surface area (Å²) >= 11 is 0. The lowest BCUT2D eigenvalue weighted by Crippen LogP contribution is -2.39. The van der Waals surface area contributed by atoms with Crippen molar-refractivity contribution in [3.05, 3.63) is 94.5 Å². The second kappa shape index (κ2) is 10.4. The third-order valence-electron chi connectivity index (χ3n) is 6.02. The molecule has 1 aromatic heterocycles. The van der Waals surface area contributed by atoms with Gasteiger partial charge < -0.3 is 15.0 Å². The predicted molar refractivity (Wildman–Crippen MR) is 140 cm³/mol. The first-order valence-corrected chi connectivity index (χ1v) is 11.8. The lowest BCUT2D eigenvalue weighted by atomic mass is 10.1. The first-order chi connectivity index (χ1) is 16.9. The van der Waals surface area contributed by atoms with Crippen LogP contribution in [0.2, 0.25) is 0 Å². The molecule has 4 rings (SSSR count). The molecule has 0 fully saturated rings. The quantitative estimate of drug-likeness (QED) is 0.375. The van der Waals surface area contributed by atoms with E-state index in [1.54, 1.807) is 27.7 Å². The van der Waals surface area contributed by atoms with E-state index in [4.69, 9.17) is 9.72 Å². The molecular formula is C28H30N4O3. The summed E-state index contributed by atoms with van der Waals surface area (Å²) < 4.78 is 7.11. The Balaban J connectivity index is 1.75. The number of ether oxygens (including phenoxy) is 1. The number of nitrogens with zero attached hydrogens (tertiary/aromatic N) is 3. The molecule has 1 heterocycles. The van der Waals surface area contributed by atoms with Crippen LogP contribution in [0.3, 0.4) is 0 Å². The second-order valence-corrected chi connectivity index (χ2v) is 8.26. The average molecular weight is 471 g/mol. The van der Waals surface area contributed by atoms with Gasteiger partial charge in [0.1, 0.15) is 11.6 Å². The number of aromatic nitrogens is 2. The Bertz CT molecular complexity index is 1400. The number of nitrogens with one attached hydrogen (secondary N) is 1. The number of hydrogen-bond acceptors (Lipinski definition) is 4. The van der Waals surface area contributed by atoms with Gasteiger partial charge >= 0.3 is 6.03 Å². The number of hydrogen-bond donors (Lipinski definition) is 1. The second-order valence-electron chi connectivity index (χ2n) is 8.26. The highest BCUT2D eigenvalue weighted by Crippen LogP contribution is 2.25. The highest BCUT2D eigenvalue weighted by atomic mass is 16.5. The molecule has 0 saturated heterocycles. The van der Waals surface area contributed by atoms with Crippen LogP contribution in [0.25, 0.3) is 16.6 Å². The van der Waals surface area contributed by atoms with Crippen molar-refractivity contribution in [2.24, 2.45) is 0 Å². The smallest absolute Gasteiger partial charge is 0.322 e. The van der Waals surface area contributed by atoms with Crippen LogP contribution in [-0.2, 0) is 0 Å². The Kier molecular flexibility index (Phi) is 7.15. The van der Waals surface area contributed by atoms with Crippen LogP contribution in [-0.4, -0.2) is 33.6 Å². The monoisotopic (exact) mass is 470 g/mol. The number of fused-ring (bicyclic) bond motifs is 1. The molecule has 4 aromatic rings. The molecule has 0 aliphatic rings. The fraction of sp³-hybridized carbons (Fsp3) is 0.250. The van der Waals surface area contributed by atoms with Gasteiger partial charge in [0.25, 0.3) is 5.56 Å². The van der Waals surface area contributed by atoms with Gasteiger partial charge in [0.05, 0.1) is 29.2 Å². The van der Waals surface area contributed by atoms with Crippen molar-refractivity contribution in [1.82, 2.24) is 14.5 Å².